The number of halogens is 3. The lowest BCUT2D eigenvalue weighted by Crippen LogP contribution is -2.23. The molecule has 19 heavy (non-hydrogen) atoms. The number of nitrogens with zero attached hydrogens (tertiary/aromatic N) is 2. The van der Waals surface area contributed by atoms with Gasteiger partial charge < -0.3 is 5.21 Å². The molecule has 0 fully saturated rings. The van der Waals surface area contributed by atoms with Crippen LogP contribution in [-0.2, 0) is 0 Å². The van der Waals surface area contributed by atoms with Crippen molar-refractivity contribution in [2.45, 2.75) is 20.8 Å². The largest absolute Gasteiger partial charge is 0.411 e. The van der Waals surface area contributed by atoms with Crippen LogP contribution in [0, 0.1) is 5.41 Å². The van der Waals surface area contributed by atoms with Crippen molar-refractivity contribution in [3.63, 3.8) is 0 Å². The van der Waals surface area contributed by atoms with Crippen LogP contribution in [-0.4, -0.2) is 17.1 Å². The number of rotatable bonds is 3. The van der Waals surface area contributed by atoms with Gasteiger partial charge in [-0.05, 0) is 12.1 Å². The van der Waals surface area contributed by atoms with Gasteiger partial charge in [-0.3, -0.25) is 5.43 Å². The number of nitrogens with one attached hydrogen (secondary N) is 1. The van der Waals surface area contributed by atoms with E-state index in [-0.39, 0.29) is 5.41 Å². The summed E-state index contributed by atoms with van der Waals surface area (Å²) < 4.78 is 0. The van der Waals surface area contributed by atoms with Crippen LogP contribution in [0.1, 0.15) is 20.8 Å². The van der Waals surface area contributed by atoms with Gasteiger partial charge in [-0.15, -0.1) is 0 Å². The number of oxime groups is 1. The van der Waals surface area contributed by atoms with Gasteiger partial charge in [0.05, 0.1) is 27.7 Å². The fourth-order valence-electron chi connectivity index (χ4n) is 1.21. The van der Waals surface area contributed by atoms with Crippen molar-refractivity contribution in [2.24, 2.45) is 15.7 Å². The molecule has 0 aliphatic heterocycles. The Morgan fingerprint density at radius 2 is 1.74 bits per heavy atom. The summed E-state index contributed by atoms with van der Waals surface area (Å²) in [4.78, 5) is 0. The van der Waals surface area contributed by atoms with Crippen molar-refractivity contribution in [1.82, 2.24) is 0 Å². The highest BCUT2D eigenvalue weighted by atomic mass is 35.5. The number of benzene rings is 1. The lowest BCUT2D eigenvalue weighted by atomic mass is 9.91. The Morgan fingerprint density at radius 1 is 1.21 bits per heavy atom. The molecule has 7 heteroatoms. The maximum Gasteiger partial charge on any atom is 0.0935 e. The first kappa shape index (κ1) is 16.1. The van der Waals surface area contributed by atoms with Gasteiger partial charge >= 0.3 is 0 Å². The smallest absolute Gasteiger partial charge is 0.0935 e. The van der Waals surface area contributed by atoms with Gasteiger partial charge in [0.1, 0.15) is 0 Å². The van der Waals surface area contributed by atoms with Gasteiger partial charge in [0.2, 0.25) is 0 Å². The molecule has 2 N–H and O–H groups in total. The van der Waals surface area contributed by atoms with E-state index in [1.807, 2.05) is 20.8 Å². The van der Waals surface area contributed by atoms with Crippen molar-refractivity contribution < 1.29 is 5.21 Å². The average Bonchev–Trinajstić information content (AvgIpc) is 2.24. The maximum absolute atomic E-state index is 8.63. The minimum absolute atomic E-state index is 0.301. The van der Waals surface area contributed by atoms with Crippen LogP contribution in [0.25, 0.3) is 0 Å². The Bertz CT molecular complexity index is 498. The summed E-state index contributed by atoms with van der Waals surface area (Å²) in [7, 11) is 0. The second-order valence-electron chi connectivity index (χ2n) is 4.85. The molecule has 0 aliphatic carbocycles. The predicted molar refractivity (Wildman–Crippen MR) is 82.3 cm³/mol. The summed E-state index contributed by atoms with van der Waals surface area (Å²) in [6.45, 7) is 5.79. The molecule has 0 amide bonds. The van der Waals surface area contributed by atoms with Gasteiger partial charge in [0.15, 0.2) is 0 Å². The molecule has 0 atom stereocenters. The van der Waals surface area contributed by atoms with Crippen LogP contribution in [0.3, 0.4) is 0 Å². The summed E-state index contributed by atoms with van der Waals surface area (Å²) >= 11 is 17.9. The molecule has 104 valence electrons. The van der Waals surface area contributed by atoms with Gasteiger partial charge in [-0.25, -0.2) is 0 Å². The zero-order chi connectivity index (χ0) is 14.6. The van der Waals surface area contributed by atoms with E-state index in [1.165, 1.54) is 6.21 Å². The Labute approximate surface area is 127 Å². The van der Waals surface area contributed by atoms with Crippen molar-refractivity contribution in [2.75, 3.05) is 5.43 Å². The molecule has 0 heterocycles. The molecule has 0 saturated heterocycles. The first-order valence-corrected chi connectivity index (χ1v) is 6.55. The lowest BCUT2D eigenvalue weighted by Gasteiger charge is -2.18. The third-order valence-corrected chi connectivity index (χ3v) is 3.06. The molecule has 0 aliphatic rings. The van der Waals surface area contributed by atoms with E-state index in [2.05, 4.69) is 15.7 Å². The lowest BCUT2D eigenvalue weighted by molar-refractivity contribution is 0.322. The molecule has 0 bridgehead atoms. The molecule has 0 aromatic heterocycles. The zero-order valence-corrected chi connectivity index (χ0v) is 13.0. The molecule has 1 aromatic rings. The Morgan fingerprint density at radius 3 is 2.16 bits per heavy atom. The number of hydrazone groups is 1. The molecule has 1 rings (SSSR count). The summed E-state index contributed by atoms with van der Waals surface area (Å²) in [6.07, 6.45) is 1.25. The fraction of sp³-hybridized carbons (Fsp3) is 0.333. The van der Waals surface area contributed by atoms with Crippen molar-refractivity contribution in [3.05, 3.63) is 27.2 Å². The molecular formula is C12H14Cl3N3O. The zero-order valence-electron chi connectivity index (χ0n) is 10.7. The van der Waals surface area contributed by atoms with E-state index in [9.17, 15) is 0 Å². The highest BCUT2D eigenvalue weighted by Gasteiger charge is 2.18. The summed E-state index contributed by atoms with van der Waals surface area (Å²) in [6, 6.07) is 3.12. The van der Waals surface area contributed by atoms with E-state index >= 15 is 0 Å². The standard InChI is InChI=1S/C12H14Cl3N3O/c1-12(2,3)10(6-16-19)17-18-11-8(14)4-7(13)5-9(11)15/h4-6,18-19H,1-3H3/b16-6+,17-10+. The van der Waals surface area contributed by atoms with Gasteiger partial charge in [-0.1, -0.05) is 60.7 Å². The minimum atomic E-state index is -0.301. The van der Waals surface area contributed by atoms with Crippen LogP contribution in [0.15, 0.2) is 22.4 Å². The molecule has 1 aromatic carbocycles. The van der Waals surface area contributed by atoms with E-state index in [0.29, 0.717) is 26.5 Å². The van der Waals surface area contributed by atoms with Crippen LogP contribution >= 0.6 is 34.8 Å². The number of hydrogen-bond donors (Lipinski definition) is 2. The van der Waals surface area contributed by atoms with Crippen LogP contribution < -0.4 is 5.43 Å². The van der Waals surface area contributed by atoms with E-state index in [0.717, 1.165) is 0 Å². The highest BCUT2D eigenvalue weighted by Crippen LogP contribution is 2.33. The van der Waals surface area contributed by atoms with Crippen molar-refractivity contribution in [3.8, 4) is 0 Å². The van der Waals surface area contributed by atoms with Crippen LogP contribution in [0.2, 0.25) is 15.1 Å². The minimum Gasteiger partial charge on any atom is -0.411 e. The van der Waals surface area contributed by atoms with Crippen LogP contribution in [0.5, 0.6) is 0 Å². The maximum atomic E-state index is 8.63. The second kappa shape index (κ2) is 6.46. The first-order chi connectivity index (χ1) is 8.75. The average molecular weight is 323 g/mol. The van der Waals surface area contributed by atoms with E-state index in [4.69, 9.17) is 40.0 Å². The topological polar surface area (TPSA) is 57.0 Å². The van der Waals surface area contributed by atoms with Gasteiger partial charge in [0, 0.05) is 10.4 Å². The van der Waals surface area contributed by atoms with E-state index in [1.54, 1.807) is 12.1 Å². The monoisotopic (exact) mass is 321 g/mol. The third-order valence-electron chi connectivity index (χ3n) is 2.24. The number of hydrogen-bond acceptors (Lipinski definition) is 4. The van der Waals surface area contributed by atoms with Crippen molar-refractivity contribution >= 4 is 52.4 Å². The van der Waals surface area contributed by atoms with Crippen LogP contribution in [0.4, 0.5) is 5.69 Å². The number of anilines is 1. The van der Waals surface area contributed by atoms with E-state index < -0.39 is 0 Å². The molecular weight excluding hydrogens is 309 g/mol. The molecule has 0 spiro atoms. The first-order valence-electron chi connectivity index (χ1n) is 5.42. The van der Waals surface area contributed by atoms with Gasteiger partial charge in [-0.2, -0.15) is 5.10 Å². The summed E-state index contributed by atoms with van der Waals surface area (Å²) in [5.74, 6) is 0. The highest BCUT2D eigenvalue weighted by molar-refractivity contribution is 6.41. The molecule has 0 unspecified atom stereocenters. The third kappa shape index (κ3) is 4.56. The Balaban J connectivity index is 3.09. The fourth-order valence-corrected chi connectivity index (χ4v) is 2.11. The second-order valence-corrected chi connectivity index (χ2v) is 6.10. The Hall–Kier alpha value is -0.970. The SMILES string of the molecule is CC(C)(C)C(/C=N/O)=N/Nc1c(Cl)cc(Cl)cc1Cl. The normalized spacial score (nSPS) is 13.1. The van der Waals surface area contributed by atoms with Gasteiger partial charge in [0.25, 0.3) is 0 Å². The molecule has 0 radical (unpaired) electrons. The van der Waals surface area contributed by atoms with Crippen molar-refractivity contribution in [1.29, 1.82) is 0 Å². The predicted octanol–water partition coefficient (Wildman–Crippen LogP) is 4.92. The molecule has 4 nitrogen and oxygen atoms in total. The summed E-state index contributed by atoms with van der Waals surface area (Å²) in [5.41, 5.74) is 3.45. The Kier molecular flexibility index (Phi) is 5.47. The summed E-state index contributed by atoms with van der Waals surface area (Å²) in [5, 5.41) is 16.9. The quantitative estimate of drug-likeness (QED) is 0.471. The molecule has 0 saturated carbocycles.